The van der Waals surface area contributed by atoms with Crippen molar-refractivity contribution in [1.82, 2.24) is 10.2 Å². The molecule has 24 heavy (non-hydrogen) atoms. The fourth-order valence-corrected chi connectivity index (χ4v) is 3.05. The number of nitriles is 1. The number of hydrogen-bond acceptors (Lipinski definition) is 4. The standard InChI is InChI=1S/C19H14N4O/c20-11-14-15(12-7-3-1-4-8-12)16-17(13-9-5-2-6-10-13)22-23-19(16)24-18(14)21/h1-10,15H,21H2,(H,22,23)/t15-/m1/s1. The number of aromatic nitrogens is 2. The van der Waals surface area contributed by atoms with E-state index in [4.69, 9.17) is 10.5 Å². The molecule has 0 amide bonds. The number of allylic oxidation sites excluding steroid dienone is 1. The summed E-state index contributed by atoms with van der Waals surface area (Å²) in [5.74, 6) is 0.207. The molecule has 3 aromatic rings. The van der Waals surface area contributed by atoms with E-state index in [1.165, 1.54) is 0 Å². The van der Waals surface area contributed by atoms with Crippen molar-refractivity contribution in [2.24, 2.45) is 5.73 Å². The van der Waals surface area contributed by atoms with Gasteiger partial charge in [-0.2, -0.15) is 5.26 Å². The quantitative estimate of drug-likeness (QED) is 0.759. The Labute approximate surface area is 139 Å². The first-order valence-corrected chi connectivity index (χ1v) is 7.56. The molecule has 4 rings (SSSR count). The van der Waals surface area contributed by atoms with E-state index in [1.54, 1.807) is 0 Å². The third-order valence-electron chi connectivity index (χ3n) is 4.13. The molecule has 0 saturated heterocycles. The van der Waals surface area contributed by atoms with Crippen molar-refractivity contribution >= 4 is 0 Å². The van der Waals surface area contributed by atoms with E-state index in [-0.39, 0.29) is 11.8 Å². The molecular formula is C19H14N4O. The monoisotopic (exact) mass is 314 g/mol. The zero-order valence-corrected chi connectivity index (χ0v) is 12.7. The minimum atomic E-state index is -0.311. The fourth-order valence-electron chi connectivity index (χ4n) is 3.05. The molecule has 5 heteroatoms. The van der Waals surface area contributed by atoms with Crippen molar-refractivity contribution in [2.45, 2.75) is 5.92 Å². The molecule has 0 unspecified atom stereocenters. The van der Waals surface area contributed by atoms with Crippen molar-refractivity contribution in [3.63, 3.8) is 0 Å². The van der Waals surface area contributed by atoms with Gasteiger partial charge in [-0.25, -0.2) is 0 Å². The van der Waals surface area contributed by atoms with Gasteiger partial charge < -0.3 is 10.5 Å². The van der Waals surface area contributed by atoms with Gasteiger partial charge in [-0.3, -0.25) is 5.10 Å². The van der Waals surface area contributed by atoms with Crippen molar-refractivity contribution < 1.29 is 4.74 Å². The Morgan fingerprint density at radius 3 is 2.38 bits per heavy atom. The summed E-state index contributed by atoms with van der Waals surface area (Å²) in [7, 11) is 0. The summed E-state index contributed by atoms with van der Waals surface area (Å²) in [4.78, 5) is 0. The predicted octanol–water partition coefficient (Wildman–Crippen LogP) is 3.29. The first-order valence-electron chi connectivity index (χ1n) is 7.56. The maximum absolute atomic E-state index is 9.62. The number of nitrogens with zero attached hydrogens (tertiary/aromatic N) is 2. The second-order valence-corrected chi connectivity index (χ2v) is 5.52. The van der Waals surface area contributed by atoms with Gasteiger partial charge in [-0.1, -0.05) is 60.7 Å². The molecule has 0 fully saturated rings. The topological polar surface area (TPSA) is 87.7 Å². The molecule has 5 nitrogen and oxygen atoms in total. The van der Waals surface area contributed by atoms with Crippen molar-refractivity contribution in [2.75, 3.05) is 0 Å². The summed E-state index contributed by atoms with van der Waals surface area (Å²) < 4.78 is 5.58. The van der Waals surface area contributed by atoms with Crippen LogP contribution in [0.15, 0.2) is 72.1 Å². The SMILES string of the molecule is N#CC1=C(N)Oc2n[nH]c(-c3ccccc3)c2[C@@H]1c1ccccc1. The van der Waals surface area contributed by atoms with Crippen molar-refractivity contribution in [3.8, 4) is 23.2 Å². The number of fused-ring (bicyclic) bond motifs is 1. The highest BCUT2D eigenvalue weighted by Gasteiger charge is 2.35. The molecule has 1 aliphatic heterocycles. The molecule has 3 N–H and O–H groups in total. The summed E-state index contributed by atoms with van der Waals surface area (Å²) in [6.07, 6.45) is 0. The lowest BCUT2D eigenvalue weighted by molar-refractivity contribution is 0.379. The average molecular weight is 314 g/mol. The Bertz CT molecular complexity index is 952. The highest BCUT2D eigenvalue weighted by atomic mass is 16.5. The summed E-state index contributed by atoms with van der Waals surface area (Å²) >= 11 is 0. The third kappa shape index (κ3) is 2.13. The van der Waals surface area contributed by atoms with Crippen LogP contribution in [0.25, 0.3) is 11.3 Å². The number of nitrogens with one attached hydrogen (secondary N) is 1. The summed E-state index contributed by atoms with van der Waals surface area (Å²) in [6.45, 7) is 0. The van der Waals surface area contributed by atoms with E-state index >= 15 is 0 Å². The van der Waals surface area contributed by atoms with Crippen LogP contribution in [0.1, 0.15) is 17.0 Å². The number of hydrogen-bond donors (Lipinski definition) is 2. The highest BCUT2D eigenvalue weighted by Crippen LogP contribution is 2.45. The van der Waals surface area contributed by atoms with Crippen LogP contribution in [0.5, 0.6) is 5.88 Å². The molecule has 0 bridgehead atoms. The number of nitrogens with two attached hydrogens (primary N) is 1. The van der Waals surface area contributed by atoms with Gasteiger partial charge in [0.05, 0.1) is 17.2 Å². The molecule has 1 aliphatic rings. The van der Waals surface area contributed by atoms with Gasteiger partial charge in [0.1, 0.15) is 11.6 Å². The molecule has 2 heterocycles. The molecule has 116 valence electrons. The van der Waals surface area contributed by atoms with E-state index in [0.29, 0.717) is 11.5 Å². The van der Waals surface area contributed by atoms with Crippen LogP contribution < -0.4 is 10.5 Å². The van der Waals surface area contributed by atoms with Crippen LogP contribution in [0.4, 0.5) is 0 Å². The number of aromatic amines is 1. The second kappa shape index (κ2) is 5.60. The summed E-state index contributed by atoms with van der Waals surface area (Å²) in [5.41, 5.74) is 9.97. The van der Waals surface area contributed by atoms with Gasteiger partial charge in [-0.15, -0.1) is 5.10 Å². The first-order chi connectivity index (χ1) is 11.8. The molecule has 0 saturated carbocycles. The van der Waals surface area contributed by atoms with Gasteiger partial charge >= 0.3 is 0 Å². The Hall–Kier alpha value is -3.52. The molecule has 1 atom stereocenters. The van der Waals surface area contributed by atoms with Crippen LogP contribution in [-0.2, 0) is 0 Å². The van der Waals surface area contributed by atoms with E-state index in [1.807, 2.05) is 60.7 Å². The Kier molecular flexibility index (Phi) is 3.29. The van der Waals surface area contributed by atoms with Gasteiger partial charge in [0.2, 0.25) is 11.8 Å². The largest absolute Gasteiger partial charge is 0.420 e. The van der Waals surface area contributed by atoms with Gasteiger partial charge in [0.25, 0.3) is 0 Å². The van der Waals surface area contributed by atoms with Crippen LogP contribution in [0.2, 0.25) is 0 Å². The summed E-state index contributed by atoms with van der Waals surface area (Å²) in [5, 5.41) is 16.9. The second-order valence-electron chi connectivity index (χ2n) is 5.52. The first kappa shape index (κ1) is 14.1. The molecular weight excluding hydrogens is 300 g/mol. The van der Waals surface area contributed by atoms with Crippen LogP contribution >= 0.6 is 0 Å². The van der Waals surface area contributed by atoms with E-state index in [0.717, 1.165) is 22.4 Å². The number of rotatable bonds is 2. The minimum absolute atomic E-state index is 0.102. The zero-order valence-electron chi connectivity index (χ0n) is 12.7. The van der Waals surface area contributed by atoms with Gasteiger partial charge in [0.15, 0.2) is 0 Å². The van der Waals surface area contributed by atoms with Crippen molar-refractivity contribution in [1.29, 1.82) is 5.26 Å². The number of benzene rings is 2. The normalized spacial score (nSPS) is 16.2. The van der Waals surface area contributed by atoms with Gasteiger partial charge in [-0.05, 0) is 11.1 Å². The lowest BCUT2D eigenvalue weighted by Crippen LogP contribution is -2.20. The third-order valence-corrected chi connectivity index (χ3v) is 4.13. The zero-order chi connectivity index (χ0) is 16.5. The number of H-pyrrole nitrogens is 1. The molecule has 0 spiro atoms. The smallest absolute Gasteiger partial charge is 0.244 e. The van der Waals surface area contributed by atoms with Crippen molar-refractivity contribution in [3.05, 3.63) is 83.2 Å². The van der Waals surface area contributed by atoms with E-state index in [9.17, 15) is 5.26 Å². The Morgan fingerprint density at radius 2 is 1.71 bits per heavy atom. The maximum Gasteiger partial charge on any atom is 0.244 e. The Morgan fingerprint density at radius 1 is 1.04 bits per heavy atom. The molecule has 0 aliphatic carbocycles. The lowest BCUT2D eigenvalue weighted by Gasteiger charge is -2.24. The van der Waals surface area contributed by atoms with E-state index in [2.05, 4.69) is 16.3 Å². The number of ether oxygens (including phenoxy) is 1. The molecule has 1 aromatic heterocycles. The summed E-state index contributed by atoms with van der Waals surface area (Å²) in [6, 6.07) is 21.8. The Balaban J connectivity index is 1.96. The van der Waals surface area contributed by atoms with Crippen LogP contribution in [0, 0.1) is 11.3 Å². The lowest BCUT2D eigenvalue weighted by atomic mass is 9.83. The predicted molar refractivity (Wildman–Crippen MR) is 89.8 cm³/mol. The van der Waals surface area contributed by atoms with Crippen LogP contribution in [0.3, 0.4) is 0 Å². The van der Waals surface area contributed by atoms with Crippen LogP contribution in [-0.4, -0.2) is 10.2 Å². The fraction of sp³-hybridized carbons (Fsp3) is 0.0526. The molecule has 0 radical (unpaired) electrons. The highest BCUT2D eigenvalue weighted by molar-refractivity contribution is 5.70. The van der Waals surface area contributed by atoms with E-state index < -0.39 is 0 Å². The minimum Gasteiger partial charge on any atom is -0.420 e. The maximum atomic E-state index is 9.62. The average Bonchev–Trinajstić information content (AvgIpc) is 3.05. The molecule has 2 aromatic carbocycles. The van der Waals surface area contributed by atoms with Gasteiger partial charge in [0, 0.05) is 0 Å².